The Kier molecular flexibility index (Phi) is 7.18. The minimum absolute atomic E-state index is 0.142. The molecule has 1 fully saturated rings. The van der Waals surface area contributed by atoms with Crippen LogP contribution in [0.5, 0.6) is 0 Å². The Morgan fingerprint density at radius 3 is 2.28 bits per heavy atom. The van der Waals surface area contributed by atoms with Crippen molar-refractivity contribution in [2.45, 2.75) is 16.7 Å². The van der Waals surface area contributed by atoms with Crippen molar-refractivity contribution in [1.82, 2.24) is 0 Å². The summed E-state index contributed by atoms with van der Waals surface area (Å²) in [6.45, 7) is 0. The van der Waals surface area contributed by atoms with Gasteiger partial charge >= 0.3 is 0 Å². The van der Waals surface area contributed by atoms with Crippen molar-refractivity contribution in [2.24, 2.45) is 5.92 Å². The van der Waals surface area contributed by atoms with Gasteiger partial charge in [-0.15, -0.1) is 23.2 Å². The zero-order valence-electron chi connectivity index (χ0n) is 17.8. The molecule has 1 aliphatic rings. The molecule has 0 radical (unpaired) electrons. The van der Waals surface area contributed by atoms with E-state index < -0.39 is 68.3 Å². The molecule has 4 rings (SSSR count). The molecule has 1 aliphatic carbocycles. The Bertz CT molecular complexity index is 1420. The zero-order chi connectivity index (χ0) is 26.5. The molecule has 12 heteroatoms. The fourth-order valence-electron chi connectivity index (χ4n) is 3.88. The van der Waals surface area contributed by atoms with Gasteiger partial charge in [-0.25, -0.2) is 17.6 Å². The van der Waals surface area contributed by atoms with Gasteiger partial charge in [-0.05, 0) is 41.5 Å². The van der Waals surface area contributed by atoms with Gasteiger partial charge in [0.25, 0.3) is 0 Å². The Morgan fingerprint density at radius 2 is 1.61 bits per heavy atom. The summed E-state index contributed by atoms with van der Waals surface area (Å²) in [4.78, 5) is 25.7. The highest BCUT2D eigenvalue weighted by molar-refractivity contribution is 6.53. The smallest absolute Gasteiger partial charge is 0.231 e. The summed E-state index contributed by atoms with van der Waals surface area (Å²) >= 11 is 24.3. The van der Waals surface area contributed by atoms with E-state index in [-0.39, 0.29) is 21.8 Å². The third-order valence-corrected chi connectivity index (χ3v) is 7.41. The minimum atomic E-state index is -1.55. The molecule has 2 unspecified atom stereocenters. The number of ketones is 1. The molecular weight excluding hydrogens is 566 g/mol. The maximum Gasteiger partial charge on any atom is 0.231 e. The first kappa shape index (κ1) is 26.5. The largest absolute Gasteiger partial charge is 0.394 e. The maximum absolute atomic E-state index is 14.5. The number of nitrogens with two attached hydrogens (primary N) is 1. The first-order chi connectivity index (χ1) is 16.8. The van der Waals surface area contributed by atoms with Crippen LogP contribution in [-0.4, -0.2) is 16.0 Å². The lowest BCUT2D eigenvalue weighted by Gasteiger charge is -2.11. The SMILES string of the molecule is Nc1c(F)ccc(CC(=O)c2cc(NC(=O)C3C(c4ccc(F)c(Cl)c4)C3(Cl)Cl)cc(F)c2Cl)c1F. The topological polar surface area (TPSA) is 72.2 Å². The molecule has 3 N–H and O–H groups in total. The number of alkyl halides is 2. The van der Waals surface area contributed by atoms with Crippen molar-refractivity contribution in [3.05, 3.63) is 92.5 Å². The Labute approximate surface area is 222 Å². The summed E-state index contributed by atoms with van der Waals surface area (Å²) in [5.41, 5.74) is 4.26. The van der Waals surface area contributed by atoms with Gasteiger partial charge in [-0.2, -0.15) is 0 Å². The van der Waals surface area contributed by atoms with E-state index in [1.54, 1.807) is 0 Å². The Hall–Kier alpha value is -2.52. The van der Waals surface area contributed by atoms with E-state index >= 15 is 0 Å². The number of carbonyl (C=O) groups excluding carboxylic acids is 2. The third-order valence-electron chi connectivity index (χ3n) is 5.79. The molecule has 1 amide bonds. The van der Waals surface area contributed by atoms with Crippen molar-refractivity contribution in [3.8, 4) is 0 Å². The van der Waals surface area contributed by atoms with Crippen LogP contribution in [0.25, 0.3) is 0 Å². The van der Waals surface area contributed by atoms with E-state index in [2.05, 4.69) is 5.32 Å². The quantitative estimate of drug-likeness (QED) is 0.142. The van der Waals surface area contributed by atoms with E-state index in [1.807, 2.05) is 0 Å². The molecule has 2 atom stereocenters. The van der Waals surface area contributed by atoms with Crippen molar-refractivity contribution in [3.63, 3.8) is 0 Å². The van der Waals surface area contributed by atoms with Gasteiger partial charge in [0.1, 0.15) is 27.5 Å². The number of anilines is 2. The number of halogens is 8. The van der Waals surface area contributed by atoms with Gasteiger partial charge < -0.3 is 11.1 Å². The number of Topliss-reactive ketones (excluding diaryl/α,β-unsaturated/α-hetero) is 1. The summed E-state index contributed by atoms with van der Waals surface area (Å²) in [5.74, 6) is -7.05. The molecule has 1 saturated carbocycles. The van der Waals surface area contributed by atoms with Crippen molar-refractivity contribution >= 4 is 69.5 Å². The second-order valence-corrected chi connectivity index (χ2v) is 10.4. The van der Waals surface area contributed by atoms with Gasteiger partial charge in [-0.3, -0.25) is 9.59 Å². The summed E-state index contributed by atoms with van der Waals surface area (Å²) in [7, 11) is 0. The lowest BCUT2D eigenvalue weighted by molar-refractivity contribution is -0.117. The molecule has 0 aliphatic heterocycles. The van der Waals surface area contributed by atoms with Gasteiger partial charge in [0.2, 0.25) is 5.91 Å². The highest BCUT2D eigenvalue weighted by Crippen LogP contribution is 2.65. The molecule has 0 heterocycles. The lowest BCUT2D eigenvalue weighted by atomic mass is 10.0. The minimum Gasteiger partial charge on any atom is -0.394 e. The number of nitrogen functional groups attached to an aromatic ring is 1. The van der Waals surface area contributed by atoms with Crippen LogP contribution in [0, 0.1) is 29.2 Å². The average molecular weight is 580 g/mol. The van der Waals surface area contributed by atoms with Crippen molar-refractivity contribution in [1.29, 1.82) is 0 Å². The van der Waals surface area contributed by atoms with Gasteiger partial charge in [0.05, 0.1) is 16.0 Å². The lowest BCUT2D eigenvalue weighted by Crippen LogP contribution is -2.18. The molecule has 0 saturated heterocycles. The molecule has 0 aromatic heterocycles. The molecule has 4 nitrogen and oxygen atoms in total. The standard InChI is InChI=1S/C24H14Cl4F4N2O2/c25-13-5-9(1-3-14(13)29)18-19(24(18,27)28)23(36)34-11-7-12(20(26)16(31)8-11)17(35)6-10-2-4-15(30)22(33)21(10)32/h1-5,7-8,18-19H,6,33H2,(H,34,36). The normalized spacial score (nSPS) is 18.1. The molecule has 3 aromatic rings. The van der Waals surface area contributed by atoms with E-state index in [0.29, 0.717) is 5.56 Å². The van der Waals surface area contributed by atoms with Crippen LogP contribution >= 0.6 is 46.4 Å². The van der Waals surface area contributed by atoms with E-state index in [4.69, 9.17) is 52.1 Å². The van der Waals surface area contributed by atoms with E-state index in [0.717, 1.165) is 30.3 Å². The van der Waals surface area contributed by atoms with E-state index in [9.17, 15) is 27.2 Å². The highest BCUT2D eigenvalue weighted by Gasteiger charge is 2.67. The van der Waals surface area contributed by atoms with Crippen LogP contribution < -0.4 is 11.1 Å². The third kappa shape index (κ3) is 4.87. The number of benzene rings is 3. The van der Waals surface area contributed by atoms with Crippen LogP contribution in [0.4, 0.5) is 28.9 Å². The van der Waals surface area contributed by atoms with Gasteiger partial charge in [0, 0.05) is 23.6 Å². The van der Waals surface area contributed by atoms with Crippen LogP contribution in [0.15, 0.2) is 42.5 Å². The molecule has 36 heavy (non-hydrogen) atoms. The molecular formula is C24H14Cl4F4N2O2. The second kappa shape index (κ2) is 9.74. The Morgan fingerprint density at radius 1 is 0.944 bits per heavy atom. The first-order valence-corrected chi connectivity index (χ1v) is 11.7. The molecule has 0 spiro atoms. The van der Waals surface area contributed by atoms with Crippen molar-refractivity contribution in [2.75, 3.05) is 11.1 Å². The first-order valence-electron chi connectivity index (χ1n) is 10.2. The van der Waals surface area contributed by atoms with Gasteiger partial charge in [-0.1, -0.05) is 35.3 Å². The molecule has 0 bridgehead atoms. The zero-order valence-corrected chi connectivity index (χ0v) is 20.8. The number of hydrogen-bond acceptors (Lipinski definition) is 3. The number of nitrogens with one attached hydrogen (secondary N) is 1. The summed E-state index contributed by atoms with van der Waals surface area (Å²) in [5, 5.41) is 1.70. The van der Waals surface area contributed by atoms with Crippen LogP contribution in [0.2, 0.25) is 10.0 Å². The molecule has 188 valence electrons. The van der Waals surface area contributed by atoms with Gasteiger partial charge in [0.15, 0.2) is 11.6 Å². The highest BCUT2D eigenvalue weighted by atomic mass is 35.5. The number of amides is 1. The number of carbonyl (C=O) groups is 2. The number of hydrogen-bond donors (Lipinski definition) is 2. The summed E-state index contributed by atoms with van der Waals surface area (Å²) in [6.07, 6.45) is -0.602. The average Bonchev–Trinajstić information content (AvgIpc) is 3.40. The molecule has 3 aromatic carbocycles. The second-order valence-electron chi connectivity index (χ2n) is 8.15. The maximum atomic E-state index is 14.5. The monoisotopic (exact) mass is 578 g/mol. The van der Waals surface area contributed by atoms with Crippen LogP contribution in [0.3, 0.4) is 0 Å². The number of rotatable bonds is 6. The fraction of sp³-hybridized carbons (Fsp3) is 0.167. The van der Waals surface area contributed by atoms with Crippen molar-refractivity contribution < 1.29 is 27.2 Å². The fourth-order valence-corrected chi connectivity index (χ4v) is 5.11. The summed E-state index contributed by atoms with van der Waals surface area (Å²) in [6, 6.07) is 7.71. The van der Waals surface area contributed by atoms with Crippen LogP contribution in [0.1, 0.15) is 27.4 Å². The van der Waals surface area contributed by atoms with E-state index in [1.165, 1.54) is 12.1 Å². The predicted octanol–water partition coefficient (Wildman–Crippen LogP) is 7.08. The van der Waals surface area contributed by atoms with Crippen LogP contribution in [-0.2, 0) is 11.2 Å². The summed E-state index contributed by atoms with van der Waals surface area (Å²) < 4.78 is 54.1. The predicted molar refractivity (Wildman–Crippen MR) is 131 cm³/mol. The Balaban J connectivity index is 1.56.